The molecule has 0 aromatic heterocycles. The van der Waals surface area contributed by atoms with Gasteiger partial charge in [-0.3, -0.25) is 4.79 Å². The number of nitrogens with zero attached hydrogens (tertiary/aromatic N) is 1. The summed E-state index contributed by atoms with van der Waals surface area (Å²) in [5.41, 5.74) is 0.168. The first kappa shape index (κ1) is 15.5. The highest BCUT2D eigenvalue weighted by Crippen LogP contribution is 2.17. The molecular weight excluding hydrogens is 278 g/mol. The first-order chi connectivity index (χ1) is 8.70. The SMILES string of the molecule is CC(=O)N(CCNS(C)(=O)=O)c1ccc(F)c(F)c1. The predicted octanol–water partition coefficient (Wildman–Crippen LogP) is 0.867. The van der Waals surface area contributed by atoms with Crippen molar-refractivity contribution in [2.45, 2.75) is 6.92 Å². The summed E-state index contributed by atoms with van der Waals surface area (Å²) in [6, 6.07) is 3.04. The maximum Gasteiger partial charge on any atom is 0.223 e. The fraction of sp³-hybridized carbons (Fsp3) is 0.364. The first-order valence-corrected chi connectivity index (χ1v) is 7.27. The third-order valence-electron chi connectivity index (χ3n) is 2.29. The summed E-state index contributed by atoms with van der Waals surface area (Å²) in [7, 11) is -3.36. The molecule has 1 amide bonds. The Morgan fingerprint density at radius 2 is 1.95 bits per heavy atom. The van der Waals surface area contributed by atoms with Crippen LogP contribution in [-0.4, -0.2) is 33.7 Å². The molecule has 0 radical (unpaired) electrons. The largest absolute Gasteiger partial charge is 0.311 e. The number of carbonyl (C=O) groups is 1. The molecule has 0 spiro atoms. The quantitative estimate of drug-likeness (QED) is 0.875. The van der Waals surface area contributed by atoms with Crippen molar-refractivity contribution in [3.63, 3.8) is 0 Å². The lowest BCUT2D eigenvalue weighted by molar-refractivity contribution is -0.116. The van der Waals surface area contributed by atoms with Crippen LogP contribution in [-0.2, 0) is 14.8 Å². The molecule has 0 saturated carbocycles. The Kier molecular flexibility index (Phi) is 4.96. The number of hydrogen-bond donors (Lipinski definition) is 1. The minimum Gasteiger partial charge on any atom is -0.311 e. The van der Waals surface area contributed by atoms with E-state index < -0.39 is 27.6 Å². The maximum absolute atomic E-state index is 13.1. The van der Waals surface area contributed by atoms with E-state index in [0.29, 0.717) is 0 Å². The Morgan fingerprint density at radius 1 is 1.32 bits per heavy atom. The molecule has 0 bridgehead atoms. The number of sulfonamides is 1. The van der Waals surface area contributed by atoms with Crippen LogP contribution in [0.15, 0.2) is 18.2 Å². The second-order valence-electron chi connectivity index (χ2n) is 3.94. The van der Waals surface area contributed by atoms with Crippen molar-refractivity contribution in [1.82, 2.24) is 4.72 Å². The van der Waals surface area contributed by atoms with Gasteiger partial charge in [-0.15, -0.1) is 0 Å². The van der Waals surface area contributed by atoms with Crippen LogP contribution >= 0.6 is 0 Å². The normalized spacial score (nSPS) is 11.4. The van der Waals surface area contributed by atoms with E-state index in [2.05, 4.69) is 4.72 Å². The molecule has 0 fully saturated rings. The minimum atomic E-state index is -3.36. The molecule has 1 aromatic rings. The Bertz CT molecular complexity index is 575. The topological polar surface area (TPSA) is 66.5 Å². The van der Waals surface area contributed by atoms with Crippen LogP contribution in [0.1, 0.15) is 6.92 Å². The number of halogens is 2. The summed E-state index contributed by atoms with van der Waals surface area (Å²) in [5, 5.41) is 0. The fourth-order valence-corrected chi connectivity index (χ4v) is 1.93. The smallest absolute Gasteiger partial charge is 0.223 e. The van der Waals surface area contributed by atoms with Crippen molar-refractivity contribution in [2.24, 2.45) is 0 Å². The van der Waals surface area contributed by atoms with Crippen molar-refractivity contribution < 1.29 is 22.0 Å². The van der Waals surface area contributed by atoms with Crippen LogP contribution in [0.5, 0.6) is 0 Å². The number of amides is 1. The average Bonchev–Trinajstić information content (AvgIpc) is 2.26. The third kappa shape index (κ3) is 4.92. The molecule has 0 aliphatic rings. The molecule has 1 aromatic carbocycles. The Labute approximate surface area is 110 Å². The average molecular weight is 292 g/mol. The molecule has 5 nitrogen and oxygen atoms in total. The Balaban J connectivity index is 2.83. The molecule has 0 heterocycles. The molecule has 1 rings (SSSR count). The summed E-state index contributed by atoms with van der Waals surface area (Å²) in [4.78, 5) is 12.6. The summed E-state index contributed by atoms with van der Waals surface area (Å²) in [6.07, 6.45) is 0.989. The van der Waals surface area contributed by atoms with Crippen molar-refractivity contribution >= 4 is 21.6 Å². The predicted molar refractivity (Wildman–Crippen MR) is 67.2 cm³/mol. The summed E-state index contributed by atoms with van der Waals surface area (Å²) in [6.45, 7) is 1.26. The number of anilines is 1. The monoisotopic (exact) mass is 292 g/mol. The van der Waals surface area contributed by atoms with E-state index in [1.807, 2.05) is 0 Å². The molecule has 0 saturated heterocycles. The molecule has 0 unspecified atom stereocenters. The zero-order valence-corrected chi connectivity index (χ0v) is 11.3. The molecule has 1 N–H and O–H groups in total. The third-order valence-corrected chi connectivity index (χ3v) is 3.02. The molecule has 19 heavy (non-hydrogen) atoms. The second kappa shape index (κ2) is 6.07. The molecule has 0 aliphatic heterocycles. The maximum atomic E-state index is 13.1. The minimum absolute atomic E-state index is 0.0165. The van der Waals surface area contributed by atoms with Gasteiger partial charge in [-0.1, -0.05) is 0 Å². The highest BCUT2D eigenvalue weighted by atomic mass is 32.2. The van der Waals surface area contributed by atoms with E-state index in [4.69, 9.17) is 0 Å². The highest BCUT2D eigenvalue weighted by molar-refractivity contribution is 7.88. The lowest BCUT2D eigenvalue weighted by Crippen LogP contribution is -2.37. The lowest BCUT2D eigenvalue weighted by Gasteiger charge is -2.21. The second-order valence-corrected chi connectivity index (χ2v) is 5.77. The van der Waals surface area contributed by atoms with Gasteiger partial charge in [0.05, 0.1) is 6.26 Å². The molecule has 106 valence electrons. The van der Waals surface area contributed by atoms with Gasteiger partial charge in [-0.25, -0.2) is 21.9 Å². The number of carbonyl (C=O) groups excluding carboxylic acids is 1. The van der Waals surface area contributed by atoms with Crippen LogP contribution in [0.2, 0.25) is 0 Å². The van der Waals surface area contributed by atoms with Gasteiger partial charge in [-0.05, 0) is 12.1 Å². The van der Waals surface area contributed by atoms with Gasteiger partial charge in [-0.2, -0.15) is 0 Å². The van der Waals surface area contributed by atoms with E-state index in [1.54, 1.807) is 0 Å². The van der Waals surface area contributed by atoms with Gasteiger partial charge in [0.15, 0.2) is 11.6 Å². The van der Waals surface area contributed by atoms with Gasteiger partial charge in [0.25, 0.3) is 0 Å². The van der Waals surface area contributed by atoms with E-state index in [1.165, 1.54) is 13.0 Å². The number of nitrogens with one attached hydrogen (secondary N) is 1. The summed E-state index contributed by atoms with van der Waals surface area (Å²) < 4.78 is 49.9. The lowest BCUT2D eigenvalue weighted by atomic mass is 10.2. The molecular formula is C11H14F2N2O3S. The van der Waals surface area contributed by atoms with E-state index >= 15 is 0 Å². The van der Waals surface area contributed by atoms with Gasteiger partial charge in [0, 0.05) is 31.8 Å². The van der Waals surface area contributed by atoms with Crippen LogP contribution in [0.25, 0.3) is 0 Å². The van der Waals surface area contributed by atoms with Gasteiger partial charge in [0.1, 0.15) is 0 Å². The zero-order valence-electron chi connectivity index (χ0n) is 10.5. The summed E-state index contributed by atoms with van der Waals surface area (Å²) in [5.74, 6) is -2.48. The fourth-order valence-electron chi connectivity index (χ4n) is 1.46. The van der Waals surface area contributed by atoms with Crippen molar-refractivity contribution in [3.8, 4) is 0 Å². The van der Waals surface area contributed by atoms with Gasteiger partial charge < -0.3 is 4.90 Å². The molecule has 0 atom stereocenters. The molecule has 0 aliphatic carbocycles. The highest BCUT2D eigenvalue weighted by Gasteiger charge is 2.14. The van der Waals surface area contributed by atoms with E-state index in [-0.39, 0.29) is 18.8 Å². The van der Waals surface area contributed by atoms with Gasteiger partial charge in [0.2, 0.25) is 15.9 Å². The van der Waals surface area contributed by atoms with Crippen molar-refractivity contribution in [1.29, 1.82) is 0 Å². The Hall–Kier alpha value is -1.54. The van der Waals surface area contributed by atoms with Crippen LogP contribution in [0.4, 0.5) is 14.5 Å². The van der Waals surface area contributed by atoms with E-state index in [0.717, 1.165) is 23.3 Å². The van der Waals surface area contributed by atoms with Crippen LogP contribution in [0.3, 0.4) is 0 Å². The molecule has 8 heteroatoms. The Morgan fingerprint density at radius 3 is 2.42 bits per heavy atom. The van der Waals surface area contributed by atoms with Crippen LogP contribution in [0, 0.1) is 11.6 Å². The summed E-state index contributed by atoms with van der Waals surface area (Å²) >= 11 is 0. The zero-order chi connectivity index (χ0) is 14.6. The van der Waals surface area contributed by atoms with Crippen LogP contribution < -0.4 is 9.62 Å². The standard InChI is InChI=1S/C11H14F2N2O3S/c1-8(16)15(6-5-14-19(2,17)18)9-3-4-10(12)11(13)7-9/h3-4,7,14H,5-6H2,1-2H3. The van der Waals surface area contributed by atoms with Gasteiger partial charge >= 0.3 is 0 Å². The number of rotatable bonds is 5. The number of benzene rings is 1. The van der Waals surface area contributed by atoms with Crippen molar-refractivity contribution in [2.75, 3.05) is 24.2 Å². The van der Waals surface area contributed by atoms with E-state index in [9.17, 15) is 22.0 Å². The number of hydrogen-bond acceptors (Lipinski definition) is 3. The van der Waals surface area contributed by atoms with Crippen molar-refractivity contribution in [3.05, 3.63) is 29.8 Å². The first-order valence-electron chi connectivity index (χ1n) is 5.38.